The Hall–Kier alpha value is -4.47. The van der Waals surface area contributed by atoms with Crippen molar-refractivity contribution < 1.29 is 14.2 Å². The van der Waals surface area contributed by atoms with Crippen LogP contribution in [0.1, 0.15) is 22.8 Å². The summed E-state index contributed by atoms with van der Waals surface area (Å²) >= 11 is 0. The second-order valence-electron chi connectivity index (χ2n) is 7.72. The zero-order valence-electron chi connectivity index (χ0n) is 18.1. The number of H-pyrrole nitrogens is 1. The number of nitro groups is 1. The molecule has 3 heterocycles. The van der Waals surface area contributed by atoms with E-state index < -0.39 is 4.92 Å². The molecular formula is C23H19N5O5. The maximum absolute atomic E-state index is 12.9. The van der Waals surface area contributed by atoms with E-state index in [2.05, 4.69) is 15.1 Å². The van der Waals surface area contributed by atoms with Crippen LogP contribution in [-0.2, 0) is 6.42 Å². The summed E-state index contributed by atoms with van der Waals surface area (Å²) in [7, 11) is 1.57. The van der Waals surface area contributed by atoms with E-state index in [9.17, 15) is 14.9 Å². The Morgan fingerprint density at radius 2 is 1.97 bits per heavy atom. The van der Waals surface area contributed by atoms with Crippen molar-refractivity contribution in [2.24, 2.45) is 0 Å². The monoisotopic (exact) mass is 445 g/mol. The molecule has 5 rings (SSSR count). The standard InChI is InChI=1S/C23H19N5O5/c1-12-22(13(2)33-26-12)17-9-16-18(10-19(17)32-3)27-20(24-11-21(27)25-23(16)29)8-14-4-6-15(7-5-14)28(30)31/h4-7,9-11H,8H2,1-3H3,(H,25,29). The van der Waals surface area contributed by atoms with Gasteiger partial charge in [-0.2, -0.15) is 0 Å². The van der Waals surface area contributed by atoms with E-state index in [1.54, 1.807) is 37.6 Å². The Bertz CT molecular complexity index is 1570. The van der Waals surface area contributed by atoms with Gasteiger partial charge >= 0.3 is 0 Å². The molecule has 10 heteroatoms. The summed E-state index contributed by atoms with van der Waals surface area (Å²) in [6, 6.07) is 9.90. The number of aryl methyl sites for hydroxylation is 2. The molecule has 0 amide bonds. The van der Waals surface area contributed by atoms with Gasteiger partial charge in [0.2, 0.25) is 0 Å². The number of benzene rings is 2. The number of methoxy groups -OCH3 is 1. The molecular weight excluding hydrogens is 426 g/mol. The van der Waals surface area contributed by atoms with Crippen molar-refractivity contribution in [1.29, 1.82) is 0 Å². The summed E-state index contributed by atoms with van der Waals surface area (Å²) in [5, 5.41) is 15.4. The van der Waals surface area contributed by atoms with Gasteiger partial charge in [0.25, 0.3) is 11.2 Å². The van der Waals surface area contributed by atoms with E-state index in [4.69, 9.17) is 9.26 Å². The Labute approximate surface area is 186 Å². The van der Waals surface area contributed by atoms with Crippen molar-refractivity contribution in [3.05, 3.63) is 85.9 Å². The number of hydrogen-bond donors (Lipinski definition) is 1. The zero-order chi connectivity index (χ0) is 23.3. The molecule has 0 atom stereocenters. The molecule has 0 aliphatic carbocycles. The molecule has 0 radical (unpaired) electrons. The van der Waals surface area contributed by atoms with Crippen LogP contribution in [0.4, 0.5) is 5.69 Å². The number of aromatic amines is 1. The van der Waals surface area contributed by atoms with E-state index >= 15 is 0 Å². The van der Waals surface area contributed by atoms with Gasteiger partial charge in [-0.05, 0) is 25.5 Å². The summed E-state index contributed by atoms with van der Waals surface area (Å²) in [5.41, 5.74) is 3.99. The topological polar surface area (TPSA) is 129 Å². The molecule has 0 aliphatic heterocycles. The molecule has 10 nitrogen and oxygen atoms in total. The maximum Gasteiger partial charge on any atom is 0.269 e. The molecule has 5 aromatic rings. The van der Waals surface area contributed by atoms with Crippen LogP contribution >= 0.6 is 0 Å². The number of non-ortho nitro benzene ring substituents is 1. The molecule has 0 aliphatic rings. The third-order valence-electron chi connectivity index (χ3n) is 5.69. The SMILES string of the molecule is COc1cc2c(cc1-c1c(C)noc1C)c(=O)[nH]c1cnc(Cc3ccc([N+](=O)[O-])cc3)n12. The summed E-state index contributed by atoms with van der Waals surface area (Å²) in [6.07, 6.45) is 2.01. The highest BCUT2D eigenvalue weighted by Gasteiger charge is 2.20. The van der Waals surface area contributed by atoms with Crippen molar-refractivity contribution in [3.63, 3.8) is 0 Å². The number of rotatable bonds is 5. The fourth-order valence-electron chi connectivity index (χ4n) is 4.14. The highest BCUT2D eigenvalue weighted by Crippen LogP contribution is 2.37. The molecule has 3 aromatic heterocycles. The third-order valence-corrected chi connectivity index (χ3v) is 5.69. The zero-order valence-corrected chi connectivity index (χ0v) is 18.1. The second kappa shape index (κ2) is 7.59. The fraction of sp³-hybridized carbons (Fsp3) is 0.174. The van der Waals surface area contributed by atoms with Crippen molar-refractivity contribution >= 4 is 22.2 Å². The van der Waals surface area contributed by atoms with Gasteiger partial charge in [-0.1, -0.05) is 17.3 Å². The van der Waals surface area contributed by atoms with Gasteiger partial charge in [0.15, 0.2) is 0 Å². The minimum Gasteiger partial charge on any atom is -0.496 e. The lowest BCUT2D eigenvalue weighted by Crippen LogP contribution is -2.11. The quantitative estimate of drug-likeness (QED) is 0.320. The summed E-state index contributed by atoms with van der Waals surface area (Å²) in [4.78, 5) is 30.8. The predicted molar refractivity (Wildman–Crippen MR) is 121 cm³/mol. The van der Waals surface area contributed by atoms with Gasteiger partial charge in [-0.25, -0.2) is 4.98 Å². The van der Waals surface area contributed by atoms with Crippen LogP contribution < -0.4 is 10.3 Å². The number of nitrogens with one attached hydrogen (secondary N) is 1. The molecule has 1 N–H and O–H groups in total. The van der Waals surface area contributed by atoms with Crippen LogP contribution in [-0.4, -0.2) is 31.6 Å². The first-order valence-corrected chi connectivity index (χ1v) is 10.1. The predicted octanol–water partition coefficient (Wildman–Crippen LogP) is 3.96. The average molecular weight is 445 g/mol. The van der Waals surface area contributed by atoms with Crippen molar-refractivity contribution in [3.8, 4) is 16.9 Å². The largest absolute Gasteiger partial charge is 0.496 e. The summed E-state index contributed by atoms with van der Waals surface area (Å²) in [5.74, 6) is 1.87. The maximum atomic E-state index is 12.9. The number of fused-ring (bicyclic) bond motifs is 3. The van der Waals surface area contributed by atoms with E-state index in [1.165, 1.54) is 12.1 Å². The lowest BCUT2D eigenvalue weighted by molar-refractivity contribution is -0.384. The molecule has 0 unspecified atom stereocenters. The Morgan fingerprint density at radius 1 is 1.21 bits per heavy atom. The van der Waals surface area contributed by atoms with Crippen LogP contribution in [0.3, 0.4) is 0 Å². The van der Waals surface area contributed by atoms with Gasteiger partial charge in [-0.15, -0.1) is 0 Å². The number of nitrogens with zero attached hydrogens (tertiary/aromatic N) is 4. The van der Waals surface area contributed by atoms with Crippen molar-refractivity contribution in [2.75, 3.05) is 7.11 Å². The van der Waals surface area contributed by atoms with E-state index in [0.717, 1.165) is 11.1 Å². The lowest BCUT2D eigenvalue weighted by atomic mass is 10.0. The number of hydrogen-bond acceptors (Lipinski definition) is 7. The number of aromatic nitrogens is 4. The molecule has 0 saturated carbocycles. The lowest BCUT2D eigenvalue weighted by Gasteiger charge is -2.12. The molecule has 2 aromatic carbocycles. The normalized spacial score (nSPS) is 11.4. The molecule has 0 bridgehead atoms. The summed E-state index contributed by atoms with van der Waals surface area (Å²) < 4.78 is 12.8. The highest BCUT2D eigenvalue weighted by molar-refractivity contribution is 5.90. The van der Waals surface area contributed by atoms with Crippen LogP contribution in [0.15, 0.2) is 51.9 Å². The highest BCUT2D eigenvalue weighted by atomic mass is 16.6. The third kappa shape index (κ3) is 3.32. The van der Waals surface area contributed by atoms with E-state index in [1.807, 2.05) is 18.2 Å². The molecule has 166 valence electrons. The van der Waals surface area contributed by atoms with Gasteiger partial charge < -0.3 is 14.2 Å². The number of imidazole rings is 1. The van der Waals surface area contributed by atoms with Crippen LogP contribution in [0, 0.1) is 24.0 Å². The first-order valence-electron chi connectivity index (χ1n) is 10.1. The van der Waals surface area contributed by atoms with Gasteiger partial charge in [0, 0.05) is 30.2 Å². The van der Waals surface area contributed by atoms with E-state index in [-0.39, 0.29) is 11.2 Å². The minimum atomic E-state index is -0.435. The summed E-state index contributed by atoms with van der Waals surface area (Å²) in [6.45, 7) is 3.64. The fourth-order valence-corrected chi connectivity index (χ4v) is 4.14. The van der Waals surface area contributed by atoms with Crippen LogP contribution in [0.2, 0.25) is 0 Å². The van der Waals surface area contributed by atoms with Gasteiger partial charge in [0.05, 0.1) is 40.4 Å². The van der Waals surface area contributed by atoms with Crippen LogP contribution in [0.5, 0.6) is 5.75 Å². The smallest absolute Gasteiger partial charge is 0.269 e. The molecule has 0 saturated heterocycles. The minimum absolute atomic E-state index is 0.0260. The Kier molecular flexibility index (Phi) is 4.70. The Morgan fingerprint density at radius 3 is 2.61 bits per heavy atom. The average Bonchev–Trinajstić information content (AvgIpc) is 3.35. The van der Waals surface area contributed by atoms with Crippen molar-refractivity contribution in [2.45, 2.75) is 20.3 Å². The van der Waals surface area contributed by atoms with Crippen molar-refractivity contribution in [1.82, 2.24) is 19.5 Å². The van der Waals surface area contributed by atoms with E-state index in [0.29, 0.717) is 51.6 Å². The van der Waals surface area contributed by atoms with Gasteiger partial charge in [0.1, 0.15) is 23.0 Å². The molecule has 0 spiro atoms. The first-order chi connectivity index (χ1) is 15.9. The number of ether oxygens (including phenoxy) is 1. The van der Waals surface area contributed by atoms with Crippen LogP contribution in [0.25, 0.3) is 27.7 Å². The number of nitro benzene ring substituents is 1. The molecule has 0 fully saturated rings. The first kappa shape index (κ1) is 20.4. The second-order valence-corrected chi connectivity index (χ2v) is 7.72. The Balaban J connectivity index is 1.71. The molecule has 33 heavy (non-hydrogen) atoms. The van der Waals surface area contributed by atoms with Gasteiger partial charge in [-0.3, -0.25) is 19.3 Å².